The van der Waals surface area contributed by atoms with Crippen LogP contribution in [0.1, 0.15) is 29.3 Å². The molecule has 2 heterocycles. The van der Waals surface area contributed by atoms with E-state index in [0.29, 0.717) is 53.1 Å². The first-order valence-corrected chi connectivity index (χ1v) is 9.92. The molecular formula is C20H20FN3O3S. The minimum Gasteiger partial charge on any atom is -0.486 e. The maximum Gasteiger partial charge on any atom is 0.255 e. The van der Waals surface area contributed by atoms with E-state index in [1.807, 2.05) is 6.92 Å². The third-order valence-corrected chi connectivity index (χ3v) is 5.60. The predicted octanol–water partition coefficient (Wildman–Crippen LogP) is 3.52. The summed E-state index contributed by atoms with van der Waals surface area (Å²) >= 11 is 1.46. The number of rotatable bonds is 3. The number of thioether (sulfide) groups is 1. The lowest BCUT2D eigenvalue weighted by Gasteiger charge is -2.30. The fourth-order valence-corrected chi connectivity index (χ4v) is 4.26. The molecule has 0 spiro atoms. The molecule has 2 aromatic carbocycles. The summed E-state index contributed by atoms with van der Waals surface area (Å²) < 4.78 is 25.5. The molecule has 6 nitrogen and oxygen atoms in total. The van der Waals surface area contributed by atoms with Gasteiger partial charge in [-0.05, 0) is 49.7 Å². The van der Waals surface area contributed by atoms with Crippen molar-refractivity contribution in [3.8, 4) is 11.5 Å². The SMILES string of the molecule is CC1(c2cc(NC(=O)c3ccc4c(c3)OCCO4)ccc2F)CCSC(N)=N1. The highest BCUT2D eigenvalue weighted by atomic mass is 32.2. The van der Waals surface area contributed by atoms with Crippen molar-refractivity contribution >= 4 is 28.5 Å². The van der Waals surface area contributed by atoms with Gasteiger partial charge in [0.25, 0.3) is 5.91 Å². The summed E-state index contributed by atoms with van der Waals surface area (Å²) in [4.78, 5) is 17.1. The molecule has 2 aliphatic heterocycles. The fourth-order valence-electron chi connectivity index (χ4n) is 3.28. The zero-order chi connectivity index (χ0) is 19.7. The Bertz CT molecular complexity index is 966. The molecule has 3 N–H and O–H groups in total. The van der Waals surface area contributed by atoms with Gasteiger partial charge in [0, 0.05) is 22.6 Å². The molecule has 1 unspecified atom stereocenters. The molecular weight excluding hydrogens is 381 g/mol. The number of fused-ring (bicyclic) bond motifs is 1. The number of amidine groups is 1. The lowest BCUT2D eigenvalue weighted by atomic mass is 9.89. The van der Waals surface area contributed by atoms with E-state index in [9.17, 15) is 9.18 Å². The molecule has 4 rings (SSSR count). The van der Waals surface area contributed by atoms with Crippen LogP contribution < -0.4 is 20.5 Å². The van der Waals surface area contributed by atoms with Crippen LogP contribution in [0, 0.1) is 5.82 Å². The summed E-state index contributed by atoms with van der Waals surface area (Å²) in [6, 6.07) is 9.50. The Hall–Kier alpha value is -2.74. The Morgan fingerprint density at radius 2 is 2.00 bits per heavy atom. The lowest BCUT2D eigenvalue weighted by Crippen LogP contribution is -2.29. The number of hydrogen-bond acceptors (Lipinski definition) is 6. The zero-order valence-electron chi connectivity index (χ0n) is 15.3. The highest BCUT2D eigenvalue weighted by molar-refractivity contribution is 8.13. The Morgan fingerprint density at radius 3 is 2.79 bits per heavy atom. The maximum atomic E-state index is 14.5. The van der Waals surface area contributed by atoms with Gasteiger partial charge in [0.15, 0.2) is 16.7 Å². The van der Waals surface area contributed by atoms with Crippen LogP contribution in [0.15, 0.2) is 41.4 Å². The zero-order valence-corrected chi connectivity index (χ0v) is 16.1. The Morgan fingerprint density at radius 1 is 1.21 bits per heavy atom. The number of nitrogens with one attached hydrogen (secondary N) is 1. The van der Waals surface area contributed by atoms with Gasteiger partial charge in [-0.2, -0.15) is 0 Å². The summed E-state index contributed by atoms with van der Waals surface area (Å²) in [5.41, 5.74) is 6.43. The van der Waals surface area contributed by atoms with Gasteiger partial charge < -0.3 is 20.5 Å². The first-order chi connectivity index (χ1) is 13.4. The van der Waals surface area contributed by atoms with Gasteiger partial charge in [-0.1, -0.05) is 11.8 Å². The number of anilines is 1. The highest BCUT2D eigenvalue weighted by Gasteiger charge is 2.32. The van der Waals surface area contributed by atoms with Gasteiger partial charge in [0.2, 0.25) is 0 Å². The molecule has 2 aliphatic rings. The van der Waals surface area contributed by atoms with E-state index < -0.39 is 5.54 Å². The average Bonchev–Trinajstić information content (AvgIpc) is 2.68. The molecule has 28 heavy (non-hydrogen) atoms. The average molecular weight is 401 g/mol. The molecule has 146 valence electrons. The number of benzene rings is 2. The van der Waals surface area contributed by atoms with Crippen LogP contribution in [0.25, 0.3) is 0 Å². The number of halogens is 1. The van der Waals surface area contributed by atoms with Gasteiger partial charge in [-0.15, -0.1) is 0 Å². The monoisotopic (exact) mass is 401 g/mol. The fraction of sp³-hybridized carbons (Fsp3) is 0.300. The van der Waals surface area contributed by atoms with E-state index in [1.165, 1.54) is 23.9 Å². The molecule has 2 aromatic rings. The summed E-state index contributed by atoms with van der Waals surface area (Å²) in [6.45, 7) is 2.78. The minimum atomic E-state index is -0.753. The Balaban J connectivity index is 1.59. The topological polar surface area (TPSA) is 85.9 Å². The van der Waals surface area contributed by atoms with Crippen molar-refractivity contribution in [3.63, 3.8) is 0 Å². The Labute approximate surface area is 166 Å². The van der Waals surface area contributed by atoms with Crippen LogP contribution >= 0.6 is 11.8 Å². The normalized spacial score (nSPS) is 21.0. The summed E-state index contributed by atoms with van der Waals surface area (Å²) in [5, 5.41) is 3.26. The van der Waals surface area contributed by atoms with Crippen LogP contribution in [0.5, 0.6) is 11.5 Å². The molecule has 0 saturated heterocycles. The molecule has 0 saturated carbocycles. The number of carbonyl (C=O) groups excluding carboxylic acids is 1. The van der Waals surface area contributed by atoms with E-state index in [2.05, 4.69) is 10.3 Å². The lowest BCUT2D eigenvalue weighted by molar-refractivity contribution is 0.102. The summed E-state index contributed by atoms with van der Waals surface area (Å²) in [7, 11) is 0. The second-order valence-electron chi connectivity index (χ2n) is 6.83. The van der Waals surface area contributed by atoms with Crippen LogP contribution in [0.4, 0.5) is 10.1 Å². The smallest absolute Gasteiger partial charge is 0.255 e. The van der Waals surface area contributed by atoms with E-state index in [0.717, 1.165) is 5.75 Å². The van der Waals surface area contributed by atoms with Crippen molar-refractivity contribution < 1.29 is 18.7 Å². The third-order valence-electron chi connectivity index (χ3n) is 4.80. The van der Waals surface area contributed by atoms with Gasteiger partial charge in [-0.25, -0.2) is 4.39 Å². The summed E-state index contributed by atoms with van der Waals surface area (Å²) in [5.74, 6) is 1.23. The van der Waals surface area contributed by atoms with Gasteiger partial charge in [0.05, 0.1) is 5.54 Å². The number of nitrogens with two attached hydrogens (primary N) is 1. The number of carbonyl (C=O) groups is 1. The number of amides is 1. The van der Waals surface area contributed by atoms with Gasteiger partial charge in [0.1, 0.15) is 19.0 Å². The van der Waals surface area contributed by atoms with E-state index in [4.69, 9.17) is 15.2 Å². The quantitative estimate of drug-likeness (QED) is 0.822. The number of aliphatic imine (C=N–C) groups is 1. The number of nitrogens with zero attached hydrogens (tertiary/aromatic N) is 1. The molecule has 8 heteroatoms. The van der Waals surface area contributed by atoms with Crippen LogP contribution in [0.3, 0.4) is 0 Å². The second kappa shape index (κ2) is 7.35. The second-order valence-corrected chi connectivity index (χ2v) is 7.94. The van der Waals surface area contributed by atoms with Crippen molar-refractivity contribution in [1.29, 1.82) is 0 Å². The molecule has 1 amide bonds. The highest BCUT2D eigenvalue weighted by Crippen LogP contribution is 2.37. The van der Waals surface area contributed by atoms with Crippen molar-refractivity contribution in [2.75, 3.05) is 24.3 Å². The standard InChI is InChI=1S/C20H20FN3O3S/c1-20(6-9-28-19(22)24-20)14-11-13(3-4-15(14)21)23-18(25)12-2-5-16-17(10-12)27-8-7-26-16/h2-5,10-11H,6-9H2,1H3,(H2,22,24)(H,23,25). The Kier molecular flexibility index (Phi) is 4.89. The van der Waals surface area contributed by atoms with E-state index in [1.54, 1.807) is 24.3 Å². The molecule has 0 radical (unpaired) electrons. The van der Waals surface area contributed by atoms with Gasteiger partial charge in [-0.3, -0.25) is 9.79 Å². The van der Waals surface area contributed by atoms with Crippen molar-refractivity contribution in [3.05, 3.63) is 53.3 Å². The number of ether oxygens (including phenoxy) is 2. The molecule has 0 fully saturated rings. The van der Waals surface area contributed by atoms with Crippen LogP contribution in [-0.4, -0.2) is 30.0 Å². The predicted molar refractivity (Wildman–Crippen MR) is 108 cm³/mol. The van der Waals surface area contributed by atoms with Crippen molar-refractivity contribution in [2.24, 2.45) is 10.7 Å². The van der Waals surface area contributed by atoms with Crippen LogP contribution in [-0.2, 0) is 5.54 Å². The minimum absolute atomic E-state index is 0.318. The first-order valence-electron chi connectivity index (χ1n) is 8.94. The largest absolute Gasteiger partial charge is 0.486 e. The van der Waals surface area contributed by atoms with Crippen LogP contribution in [0.2, 0.25) is 0 Å². The molecule has 0 bridgehead atoms. The number of hydrogen-bond donors (Lipinski definition) is 2. The molecule has 1 atom stereocenters. The van der Waals surface area contributed by atoms with Gasteiger partial charge >= 0.3 is 0 Å². The molecule has 0 aliphatic carbocycles. The van der Waals surface area contributed by atoms with Crippen molar-refractivity contribution in [2.45, 2.75) is 18.9 Å². The van der Waals surface area contributed by atoms with Crippen molar-refractivity contribution in [1.82, 2.24) is 0 Å². The molecule has 0 aromatic heterocycles. The maximum absolute atomic E-state index is 14.5. The third kappa shape index (κ3) is 3.64. The van der Waals surface area contributed by atoms with E-state index >= 15 is 0 Å². The first kappa shape index (κ1) is 18.6. The summed E-state index contributed by atoms with van der Waals surface area (Å²) in [6.07, 6.45) is 0.662. The van der Waals surface area contributed by atoms with E-state index in [-0.39, 0.29) is 11.7 Å².